The van der Waals surface area contributed by atoms with Gasteiger partial charge in [0.2, 0.25) is 0 Å². The average Bonchev–Trinajstić information content (AvgIpc) is 3.06. The zero-order valence-electron chi connectivity index (χ0n) is 9.88. The van der Waals surface area contributed by atoms with Crippen molar-refractivity contribution < 1.29 is 9.90 Å². The van der Waals surface area contributed by atoms with E-state index in [9.17, 15) is 9.59 Å². The van der Waals surface area contributed by atoms with Crippen LogP contribution in [0, 0.1) is 0 Å². The van der Waals surface area contributed by atoms with Gasteiger partial charge in [-0.05, 0) is 18.9 Å². The van der Waals surface area contributed by atoms with Crippen molar-refractivity contribution in [1.82, 2.24) is 9.13 Å². The molecule has 1 saturated carbocycles. The molecule has 1 fully saturated rings. The monoisotopic (exact) mass is 247 g/mol. The molecular formula is C12H13N3O3. The summed E-state index contributed by atoms with van der Waals surface area (Å²) in [6, 6.07) is 2.13. The van der Waals surface area contributed by atoms with E-state index in [0.29, 0.717) is 11.1 Å². The van der Waals surface area contributed by atoms with Gasteiger partial charge in [-0.2, -0.15) is 0 Å². The van der Waals surface area contributed by atoms with Crippen molar-refractivity contribution in [3.05, 3.63) is 28.8 Å². The normalized spacial score (nSPS) is 14.9. The van der Waals surface area contributed by atoms with Gasteiger partial charge in [0.05, 0.1) is 16.6 Å². The maximum atomic E-state index is 12.3. The maximum absolute atomic E-state index is 12.3. The molecule has 0 atom stereocenters. The summed E-state index contributed by atoms with van der Waals surface area (Å²) in [5.41, 5.74) is 0.958. The van der Waals surface area contributed by atoms with Crippen LogP contribution in [0.4, 0.5) is 10.5 Å². The predicted molar refractivity (Wildman–Crippen MR) is 67.1 cm³/mol. The topological polar surface area (TPSA) is 76.3 Å². The van der Waals surface area contributed by atoms with Crippen LogP contribution in [0.15, 0.2) is 23.3 Å². The van der Waals surface area contributed by atoms with Crippen molar-refractivity contribution in [3.63, 3.8) is 0 Å². The standard InChI is InChI=1S/C12H13N3O3/c1-14-6-8(13-12(17)18)10-9(14)4-5-15(11(10)16)7-2-3-7/h4-7,13H,2-3H2,1H3,(H,17,18). The molecule has 0 radical (unpaired) electrons. The first-order valence-corrected chi connectivity index (χ1v) is 5.78. The number of aromatic nitrogens is 2. The van der Waals surface area contributed by atoms with Crippen molar-refractivity contribution >= 4 is 22.7 Å². The van der Waals surface area contributed by atoms with E-state index in [-0.39, 0.29) is 11.6 Å². The number of carboxylic acid groups (broad SMARTS) is 1. The first-order chi connectivity index (χ1) is 8.58. The van der Waals surface area contributed by atoms with E-state index in [1.54, 1.807) is 28.6 Å². The predicted octanol–water partition coefficient (Wildman–Crippen LogP) is 1.76. The summed E-state index contributed by atoms with van der Waals surface area (Å²) in [5.74, 6) is 0. The molecule has 2 N–H and O–H groups in total. The summed E-state index contributed by atoms with van der Waals surface area (Å²) >= 11 is 0. The van der Waals surface area contributed by atoms with E-state index < -0.39 is 6.09 Å². The van der Waals surface area contributed by atoms with Crippen LogP contribution in [0.1, 0.15) is 18.9 Å². The number of anilines is 1. The van der Waals surface area contributed by atoms with Gasteiger partial charge in [0, 0.05) is 25.5 Å². The molecule has 1 amide bonds. The van der Waals surface area contributed by atoms with Crippen molar-refractivity contribution in [2.24, 2.45) is 7.05 Å². The van der Waals surface area contributed by atoms with E-state index in [1.807, 2.05) is 6.07 Å². The smallest absolute Gasteiger partial charge is 0.409 e. The number of aryl methyl sites for hydroxylation is 1. The Kier molecular flexibility index (Phi) is 2.19. The van der Waals surface area contributed by atoms with Gasteiger partial charge in [0.1, 0.15) is 0 Å². The minimum Gasteiger partial charge on any atom is -0.465 e. The zero-order valence-corrected chi connectivity index (χ0v) is 9.88. The Morgan fingerprint density at radius 3 is 2.83 bits per heavy atom. The lowest BCUT2D eigenvalue weighted by Gasteiger charge is -2.04. The SMILES string of the molecule is Cn1cc(NC(=O)O)c2c(=O)n(C3CC3)ccc21. The molecule has 2 aromatic rings. The lowest BCUT2D eigenvalue weighted by molar-refractivity contribution is 0.210. The van der Waals surface area contributed by atoms with Crippen molar-refractivity contribution in [1.29, 1.82) is 0 Å². The van der Waals surface area contributed by atoms with Crippen LogP contribution in [0.5, 0.6) is 0 Å². The first kappa shape index (κ1) is 10.9. The first-order valence-electron chi connectivity index (χ1n) is 5.78. The molecule has 3 rings (SSSR count). The summed E-state index contributed by atoms with van der Waals surface area (Å²) in [4.78, 5) is 23.1. The van der Waals surface area contributed by atoms with Gasteiger partial charge in [-0.1, -0.05) is 0 Å². The molecule has 0 bridgehead atoms. The van der Waals surface area contributed by atoms with E-state index in [2.05, 4.69) is 5.32 Å². The third-order valence-electron chi connectivity index (χ3n) is 3.25. The Morgan fingerprint density at radius 2 is 2.22 bits per heavy atom. The van der Waals surface area contributed by atoms with Crippen molar-refractivity contribution in [3.8, 4) is 0 Å². The highest BCUT2D eigenvalue weighted by Crippen LogP contribution is 2.34. The molecule has 0 aromatic carbocycles. The number of nitrogens with one attached hydrogen (secondary N) is 1. The number of fused-ring (bicyclic) bond motifs is 1. The van der Waals surface area contributed by atoms with Crippen LogP contribution in [-0.4, -0.2) is 20.3 Å². The van der Waals surface area contributed by atoms with Gasteiger partial charge in [-0.3, -0.25) is 10.1 Å². The highest BCUT2D eigenvalue weighted by atomic mass is 16.4. The molecular weight excluding hydrogens is 234 g/mol. The number of pyridine rings is 1. The second kappa shape index (κ2) is 3.63. The fourth-order valence-electron chi connectivity index (χ4n) is 2.27. The third kappa shape index (κ3) is 1.57. The Hall–Kier alpha value is -2.24. The molecule has 1 aliphatic carbocycles. The van der Waals surface area contributed by atoms with E-state index in [4.69, 9.17) is 5.11 Å². The number of hydrogen-bond acceptors (Lipinski definition) is 2. The van der Waals surface area contributed by atoms with Crippen LogP contribution in [-0.2, 0) is 7.05 Å². The van der Waals surface area contributed by atoms with Gasteiger partial charge in [-0.15, -0.1) is 0 Å². The Morgan fingerprint density at radius 1 is 1.50 bits per heavy atom. The highest BCUT2D eigenvalue weighted by Gasteiger charge is 2.26. The second-order valence-electron chi connectivity index (χ2n) is 4.60. The number of rotatable bonds is 2. The number of hydrogen-bond donors (Lipinski definition) is 2. The molecule has 0 saturated heterocycles. The zero-order chi connectivity index (χ0) is 12.9. The quantitative estimate of drug-likeness (QED) is 0.849. The number of carbonyl (C=O) groups is 1. The molecule has 18 heavy (non-hydrogen) atoms. The molecule has 2 aromatic heterocycles. The van der Waals surface area contributed by atoms with E-state index >= 15 is 0 Å². The maximum Gasteiger partial charge on any atom is 0.409 e. The van der Waals surface area contributed by atoms with Crippen LogP contribution in [0.25, 0.3) is 10.9 Å². The highest BCUT2D eigenvalue weighted by molar-refractivity contribution is 5.98. The van der Waals surface area contributed by atoms with Crippen LogP contribution >= 0.6 is 0 Å². The summed E-state index contributed by atoms with van der Waals surface area (Å²) in [6.45, 7) is 0. The Balaban J connectivity index is 2.26. The van der Waals surface area contributed by atoms with Crippen molar-refractivity contribution in [2.75, 3.05) is 5.32 Å². The van der Waals surface area contributed by atoms with Crippen LogP contribution < -0.4 is 10.9 Å². The van der Waals surface area contributed by atoms with E-state index in [0.717, 1.165) is 18.4 Å². The second-order valence-corrected chi connectivity index (χ2v) is 4.60. The summed E-state index contributed by atoms with van der Waals surface area (Å²) < 4.78 is 3.44. The molecule has 6 heteroatoms. The average molecular weight is 247 g/mol. The van der Waals surface area contributed by atoms with Crippen LogP contribution in [0.2, 0.25) is 0 Å². The lowest BCUT2D eigenvalue weighted by Crippen LogP contribution is -2.19. The fourth-order valence-corrected chi connectivity index (χ4v) is 2.27. The summed E-state index contributed by atoms with van der Waals surface area (Å²) in [6.07, 6.45) is 4.27. The lowest BCUT2D eigenvalue weighted by atomic mass is 10.3. The van der Waals surface area contributed by atoms with Gasteiger partial charge in [-0.25, -0.2) is 4.79 Å². The minimum absolute atomic E-state index is 0.126. The molecule has 1 aliphatic rings. The van der Waals surface area contributed by atoms with Gasteiger partial charge < -0.3 is 14.2 Å². The summed E-state index contributed by atoms with van der Waals surface area (Å²) in [7, 11) is 1.79. The molecule has 2 heterocycles. The van der Waals surface area contributed by atoms with E-state index in [1.165, 1.54) is 0 Å². The van der Waals surface area contributed by atoms with Gasteiger partial charge in [0.15, 0.2) is 0 Å². The molecule has 0 unspecified atom stereocenters. The minimum atomic E-state index is -1.16. The van der Waals surface area contributed by atoms with Crippen LogP contribution in [0.3, 0.4) is 0 Å². The molecule has 94 valence electrons. The number of nitrogens with zero attached hydrogens (tertiary/aromatic N) is 2. The Bertz CT molecular complexity index is 694. The summed E-state index contributed by atoms with van der Waals surface area (Å²) in [5, 5.41) is 11.5. The van der Waals surface area contributed by atoms with Crippen molar-refractivity contribution in [2.45, 2.75) is 18.9 Å². The fraction of sp³-hybridized carbons (Fsp3) is 0.333. The third-order valence-corrected chi connectivity index (χ3v) is 3.25. The molecule has 0 aliphatic heterocycles. The molecule has 0 spiro atoms. The van der Waals surface area contributed by atoms with Gasteiger partial charge >= 0.3 is 6.09 Å². The largest absolute Gasteiger partial charge is 0.465 e. The molecule has 6 nitrogen and oxygen atoms in total. The number of amides is 1. The Labute approximate surface area is 102 Å². The van der Waals surface area contributed by atoms with Gasteiger partial charge in [0.25, 0.3) is 5.56 Å².